The second-order valence-electron chi connectivity index (χ2n) is 6.24. The third-order valence-corrected chi connectivity index (χ3v) is 5.55. The van der Waals surface area contributed by atoms with E-state index in [-0.39, 0.29) is 30.8 Å². The summed E-state index contributed by atoms with van der Waals surface area (Å²) < 4.78 is 77.2. The summed E-state index contributed by atoms with van der Waals surface area (Å²) in [5.41, 5.74) is -0.341. The summed E-state index contributed by atoms with van der Waals surface area (Å²) in [4.78, 5) is 11.3. The zero-order valence-corrected chi connectivity index (χ0v) is 14.5. The number of rotatable bonds is 5. The maximum absolute atomic E-state index is 14.9. The third-order valence-electron chi connectivity index (χ3n) is 4.18. The van der Waals surface area contributed by atoms with Crippen LogP contribution < -0.4 is 19.7 Å². The Morgan fingerprint density at radius 1 is 1.37 bits per heavy atom. The van der Waals surface area contributed by atoms with Gasteiger partial charge in [-0.1, -0.05) is 0 Å². The molecule has 13 heteroatoms. The number of nitrogens with zero attached hydrogens (tertiary/aromatic N) is 1. The molecule has 0 aromatic heterocycles. The fourth-order valence-corrected chi connectivity index (χ4v) is 4.19. The molecule has 150 valence electrons. The molecular formula is C14H16F4N4O4S. The van der Waals surface area contributed by atoms with Gasteiger partial charge in [0.25, 0.3) is 5.91 Å². The second-order valence-corrected chi connectivity index (χ2v) is 7.83. The van der Waals surface area contributed by atoms with Crippen molar-refractivity contribution in [3.8, 4) is 5.75 Å². The molecule has 0 unspecified atom stereocenters. The summed E-state index contributed by atoms with van der Waals surface area (Å²) in [5, 5.41) is 15.5. The van der Waals surface area contributed by atoms with Crippen molar-refractivity contribution < 1.29 is 35.9 Å². The monoisotopic (exact) mass is 412 g/mol. The lowest BCUT2D eigenvalue weighted by molar-refractivity contribution is -0.133. The summed E-state index contributed by atoms with van der Waals surface area (Å²) in [5.74, 6) is -2.54. The Morgan fingerprint density at radius 3 is 2.67 bits per heavy atom. The number of phenols is 1. The Hall–Kier alpha value is -2.28. The number of phenolic OH excluding ortho intramolecular Hbond substituents is 1. The molecule has 4 N–H and O–H groups in total. The van der Waals surface area contributed by atoms with Crippen LogP contribution >= 0.6 is 0 Å². The van der Waals surface area contributed by atoms with Crippen molar-refractivity contribution in [2.45, 2.75) is 25.1 Å². The first-order chi connectivity index (χ1) is 12.5. The Balaban J connectivity index is 1.75. The SMILES string of the molecule is O=C1CN(c2c(O)cc3c(c2F)C[C@H](CNCCC(F)(F)F)N3)S(=O)(=O)N1. The molecule has 1 amide bonds. The van der Waals surface area contributed by atoms with Gasteiger partial charge in [-0.3, -0.25) is 4.79 Å². The number of amides is 1. The number of anilines is 2. The van der Waals surface area contributed by atoms with Crippen LogP contribution in [0.4, 0.5) is 28.9 Å². The number of nitrogens with one attached hydrogen (secondary N) is 3. The van der Waals surface area contributed by atoms with Gasteiger partial charge in [-0.2, -0.15) is 21.6 Å². The first kappa shape index (κ1) is 19.5. The maximum atomic E-state index is 14.9. The number of hydrogen-bond donors (Lipinski definition) is 4. The van der Waals surface area contributed by atoms with E-state index >= 15 is 0 Å². The van der Waals surface area contributed by atoms with Crippen molar-refractivity contribution >= 4 is 27.5 Å². The summed E-state index contributed by atoms with van der Waals surface area (Å²) in [6, 6.07) is 0.689. The predicted octanol–water partition coefficient (Wildman–Crippen LogP) is 0.591. The van der Waals surface area contributed by atoms with Gasteiger partial charge in [-0.05, 0) is 6.42 Å². The fourth-order valence-electron chi connectivity index (χ4n) is 3.02. The smallest absolute Gasteiger partial charge is 0.390 e. The highest BCUT2D eigenvalue weighted by Gasteiger charge is 2.39. The van der Waals surface area contributed by atoms with Gasteiger partial charge in [0.05, 0.1) is 6.42 Å². The minimum absolute atomic E-state index is 0.0721. The van der Waals surface area contributed by atoms with Crippen molar-refractivity contribution in [1.29, 1.82) is 0 Å². The number of fused-ring (bicyclic) bond motifs is 1. The highest BCUT2D eigenvalue weighted by atomic mass is 32.2. The molecule has 1 aromatic rings. The standard InChI is InChI=1S/C14H16F4N4O4S/c15-12-8-3-7(5-19-2-1-14(16,17)18)20-9(8)4-10(23)13(12)22-6-11(24)21-27(22,25)26/h4,7,19-20,23H,1-3,5-6H2,(H,21,24)/t7-/m1/s1. The number of carbonyl (C=O) groups excluding carboxylic acids is 1. The summed E-state index contributed by atoms with van der Waals surface area (Å²) >= 11 is 0. The van der Waals surface area contributed by atoms with Crippen LogP contribution in [0.25, 0.3) is 0 Å². The molecule has 0 aliphatic carbocycles. The lowest BCUT2D eigenvalue weighted by atomic mass is 10.1. The predicted molar refractivity (Wildman–Crippen MR) is 87.1 cm³/mol. The van der Waals surface area contributed by atoms with E-state index < -0.39 is 58.6 Å². The lowest BCUT2D eigenvalue weighted by Crippen LogP contribution is -2.33. The highest BCUT2D eigenvalue weighted by Crippen LogP contribution is 2.41. The Bertz CT molecular complexity index is 875. The Morgan fingerprint density at radius 2 is 2.07 bits per heavy atom. The normalized spacial score (nSPS) is 21.1. The summed E-state index contributed by atoms with van der Waals surface area (Å²) in [6.07, 6.45) is -5.21. The molecule has 1 fully saturated rings. The molecule has 0 spiro atoms. The lowest BCUT2D eigenvalue weighted by Gasteiger charge is -2.18. The average Bonchev–Trinajstić information content (AvgIpc) is 3.03. The van der Waals surface area contributed by atoms with Crippen LogP contribution in [0.2, 0.25) is 0 Å². The molecular weight excluding hydrogens is 396 g/mol. The summed E-state index contributed by atoms with van der Waals surface area (Å²) in [6.45, 7) is -0.847. The molecule has 3 rings (SSSR count). The van der Waals surface area contributed by atoms with Gasteiger partial charge in [-0.15, -0.1) is 0 Å². The molecule has 2 heterocycles. The number of benzene rings is 1. The van der Waals surface area contributed by atoms with E-state index in [9.17, 15) is 35.9 Å². The molecule has 27 heavy (non-hydrogen) atoms. The average molecular weight is 412 g/mol. The zero-order valence-electron chi connectivity index (χ0n) is 13.7. The molecule has 0 saturated carbocycles. The third kappa shape index (κ3) is 4.03. The van der Waals surface area contributed by atoms with Gasteiger partial charge in [0.2, 0.25) is 0 Å². The van der Waals surface area contributed by atoms with Crippen LogP contribution in [0.1, 0.15) is 12.0 Å². The highest BCUT2D eigenvalue weighted by molar-refractivity contribution is 7.92. The minimum atomic E-state index is -4.30. The van der Waals surface area contributed by atoms with E-state index in [4.69, 9.17) is 0 Å². The van der Waals surface area contributed by atoms with E-state index in [0.29, 0.717) is 4.31 Å². The zero-order chi connectivity index (χ0) is 20.0. The molecule has 0 bridgehead atoms. The molecule has 0 radical (unpaired) electrons. The van der Waals surface area contributed by atoms with E-state index in [1.165, 1.54) is 0 Å². The van der Waals surface area contributed by atoms with Crippen molar-refractivity contribution in [2.75, 3.05) is 29.3 Å². The molecule has 1 saturated heterocycles. The molecule has 2 aliphatic rings. The molecule has 2 aliphatic heterocycles. The molecule has 1 atom stereocenters. The molecule has 1 aromatic carbocycles. The van der Waals surface area contributed by atoms with E-state index in [1.807, 2.05) is 0 Å². The first-order valence-corrected chi connectivity index (χ1v) is 9.33. The van der Waals surface area contributed by atoms with Crippen molar-refractivity contribution in [3.63, 3.8) is 0 Å². The number of alkyl halides is 3. The first-order valence-electron chi connectivity index (χ1n) is 7.89. The minimum Gasteiger partial charge on any atom is -0.506 e. The topological polar surface area (TPSA) is 111 Å². The van der Waals surface area contributed by atoms with Crippen LogP contribution in [0.5, 0.6) is 5.75 Å². The molecule has 8 nitrogen and oxygen atoms in total. The van der Waals surface area contributed by atoms with Gasteiger partial charge >= 0.3 is 16.4 Å². The van der Waals surface area contributed by atoms with E-state index in [1.54, 1.807) is 4.72 Å². The van der Waals surface area contributed by atoms with Crippen LogP contribution in [0.3, 0.4) is 0 Å². The van der Waals surface area contributed by atoms with Gasteiger partial charge in [0.1, 0.15) is 18.0 Å². The summed E-state index contributed by atoms with van der Waals surface area (Å²) in [7, 11) is -4.30. The number of carbonyl (C=O) groups is 1. The van der Waals surface area contributed by atoms with Crippen LogP contribution in [0.15, 0.2) is 6.07 Å². The van der Waals surface area contributed by atoms with E-state index in [0.717, 1.165) is 6.07 Å². The maximum Gasteiger partial charge on any atom is 0.390 e. The Labute approximate surface area is 151 Å². The van der Waals surface area contributed by atoms with Crippen molar-refractivity contribution in [3.05, 3.63) is 17.4 Å². The van der Waals surface area contributed by atoms with E-state index in [2.05, 4.69) is 10.6 Å². The fraction of sp³-hybridized carbons (Fsp3) is 0.500. The number of halogens is 4. The largest absolute Gasteiger partial charge is 0.506 e. The van der Waals surface area contributed by atoms with Gasteiger partial charge in [0, 0.05) is 36.4 Å². The quantitative estimate of drug-likeness (QED) is 0.416. The second kappa shape index (κ2) is 6.71. The van der Waals surface area contributed by atoms with Crippen molar-refractivity contribution in [1.82, 2.24) is 10.0 Å². The van der Waals surface area contributed by atoms with Crippen LogP contribution in [0, 0.1) is 5.82 Å². The van der Waals surface area contributed by atoms with Crippen molar-refractivity contribution in [2.24, 2.45) is 0 Å². The van der Waals surface area contributed by atoms with Gasteiger partial charge in [0.15, 0.2) is 5.82 Å². The van der Waals surface area contributed by atoms with Crippen LogP contribution in [-0.4, -0.2) is 51.3 Å². The van der Waals surface area contributed by atoms with Gasteiger partial charge < -0.3 is 15.7 Å². The number of aromatic hydroxyl groups is 1. The number of hydrogen-bond acceptors (Lipinski definition) is 6. The van der Waals surface area contributed by atoms with Crippen LogP contribution in [-0.2, 0) is 21.4 Å². The Kier molecular flexibility index (Phi) is 4.84. The van der Waals surface area contributed by atoms with Gasteiger partial charge in [-0.25, -0.2) is 13.4 Å².